The van der Waals surface area contributed by atoms with E-state index in [4.69, 9.17) is 5.73 Å². The second-order valence-corrected chi connectivity index (χ2v) is 6.22. The average molecular weight is 245 g/mol. The molecule has 0 aromatic heterocycles. The Labute approximate surface area is 104 Å². The van der Waals surface area contributed by atoms with Crippen molar-refractivity contribution in [3.05, 3.63) is 0 Å². The van der Waals surface area contributed by atoms with Crippen LogP contribution in [0.3, 0.4) is 0 Å². The monoisotopic (exact) mass is 245 g/mol. The fourth-order valence-corrected chi connectivity index (χ4v) is 3.43. The first-order chi connectivity index (χ1) is 7.68. The smallest absolute Gasteiger partial charge is 0.0608 e. The Morgan fingerprint density at radius 2 is 2.31 bits per heavy atom. The van der Waals surface area contributed by atoms with E-state index >= 15 is 0 Å². The fraction of sp³-hybridized carbons (Fsp3) is 1.00. The summed E-state index contributed by atoms with van der Waals surface area (Å²) in [6.45, 7) is 2.90. The number of aliphatic hydroxyl groups is 1. The Balaban J connectivity index is 2.46. The summed E-state index contributed by atoms with van der Waals surface area (Å²) in [5.41, 5.74) is 5.97. The summed E-state index contributed by atoms with van der Waals surface area (Å²) in [4.78, 5) is 0. The molecule has 1 aliphatic rings. The summed E-state index contributed by atoms with van der Waals surface area (Å²) in [7, 11) is 0. The van der Waals surface area contributed by atoms with Gasteiger partial charge in [-0.25, -0.2) is 0 Å². The SMILES string of the molecule is CCC1CCC(CN)(C(O)CCCSC)C1. The number of rotatable bonds is 7. The van der Waals surface area contributed by atoms with Gasteiger partial charge in [0.05, 0.1) is 6.10 Å². The molecule has 1 fully saturated rings. The first kappa shape index (κ1) is 14.3. The van der Waals surface area contributed by atoms with Crippen LogP contribution in [0, 0.1) is 11.3 Å². The topological polar surface area (TPSA) is 46.2 Å². The van der Waals surface area contributed by atoms with E-state index in [1.165, 1.54) is 12.8 Å². The Morgan fingerprint density at radius 3 is 2.81 bits per heavy atom. The van der Waals surface area contributed by atoms with Crippen LogP contribution in [-0.2, 0) is 0 Å². The van der Waals surface area contributed by atoms with Crippen LogP contribution in [0.4, 0.5) is 0 Å². The number of nitrogens with two attached hydrogens (primary N) is 1. The summed E-state index contributed by atoms with van der Waals surface area (Å²) in [5, 5.41) is 10.4. The molecule has 96 valence electrons. The minimum atomic E-state index is -0.179. The lowest BCUT2D eigenvalue weighted by Gasteiger charge is -2.33. The molecular formula is C13H27NOS. The normalized spacial score (nSPS) is 31.9. The fourth-order valence-electron chi connectivity index (χ4n) is 2.97. The molecule has 0 aromatic rings. The molecule has 0 spiro atoms. The van der Waals surface area contributed by atoms with Crippen molar-refractivity contribution in [3.63, 3.8) is 0 Å². The van der Waals surface area contributed by atoms with Crippen LogP contribution in [0.1, 0.15) is 45.4 Å². The Bertz CT molecular complexity index is 200. The van der Waals surface area contributed by atoms with E-state index in [0.29, 0.717) is 6.54 Å². The zero-order valence-electron chi connectivity index (χ0n) is 10.7. The number of thioether (sulfide) groups is 1. The lowest BCUT2D eigenvalue weighted by atomic mass is 9.77. The molecule has 0 radical (unpaired) electrons. The van der Waals surface area contributed by atoms with Crippen LogP contribution in [-0.4, -0.2) is 29.8 Å². The van der Waals surface area contributed by atoms with Crippen LogP contribution in [0.5, 0.6) is 0 Å². The highest BCUT2D eigenvalue weighted by molar-refractivity contribution is 7.98. The second kappa shape index (κ2) is 6.87. The molecule has 3 atom stereocenters. The highest BCUT2D eigenvalue weighted by atomic mass is 32.2. The average Bonchev–Trinajstić information content (AvgIpc) is 2.74. The van der Waals surface area contributed by atoms with E-state index < -0.39 is 0 Å². The molecule has 1 rings (SSSR count). The Hall–Kier alpha value is 0.270. The van der Waals surface area contributed by atoms with Gasteiger partial charge in [0.25, 0.3) is 0 Å². The molecule has 0 bridgehead atoms. The summed E-state index contributed by atoms with van der Waals surface area (Å²) >= 11 is 1.86. The third-order valence-electron chi connectivity index (χ3n) is 4.26. The van der Waals surface area contributed by atoms with Gasteiger partial charge >= 0.3 is 0 Å². The van der Waals surface area contributed by atoms with Crippen molar-refractivity contribution in [1.82, 2.24) is 0 Å². The zero-order chi connectivity index (χ0) is 12.0. The maximum absolute atomic E-state index is 10.4. The number of hydrogen-bond donors (Lipinski definition) is 2. The van der Waals surface area contributed by atoms with Gasteiger partial charge in [-0.2, -0.15) is 11.8 Å². The first-order valence-electron chi connectivity index (χ1n) is 6.55. The summed E-state index contributed by atoms with van der Waals surface area (Å²) in [6.07, 6.45) is 8.74. The van der Waals surface area contributed by atoms with Gasteiger partial charge in [-0.3, -0.25) is 0 Å². The van der Waals surface area contributed by atoms with Gasteiger partial charge in [-0.05, 0) is 50.0 Å². The standard InChI is InChI=1S/C13H27NOS/c1-3-11-6-7-13(9-11,10-14)12(15)5-4-8-16-2/h11-12,15H,3-10,14H2,1-2H3. The molecule has 1 saturated carbocycles. The van der Waals surface area contributed by atoms with Gasteiger partial charge in [0, 0.05) is 12.0 Å². The second-order valence-electron chi connectivity index (χ2n) is 5.23. The maximum Gasteiger partial charge on any atom is 0.0608 e. The van der Waals surface area contributed by atoms with E-state index in [2.05, 4.69) is 13.2 Å². The summed E-state index contributed by atoms with van der Waals surface area (Å²) < 4.78 is 0. The molecule has 0 saturated heterocycles. The van der Waals surface area contributed by atoms with Gasteiger partial charge in [0.15, 0.2) is 0 Å². The minimum absolute atomic E-state index is 0.0408. The predicted octanol–water partition coefficient (Wildman–Crippen LogP) is 2.65. The van der Waals surface area contributed by atoms with Crippen molar-refractivity contribution in [2.45, 2.75) is 51.6 Å². The van der Waals surface area contributed by atoms with Gasteiger partial charge in [0.2, 0.25) is 0 Å². The van der Waals surface area contributed by atoms with E-state index in [9.17, 15) is 5.11 Å². The highest BCUT2D eigenvalue weighted by Gasteiger charge is 2.42. The van der Waals surface area contributed by atoms with E-state index in [0.717, 1.165) is 37.4 Å². The lowest BCUT2D eigenvalue weighted by Crippen LogP contribution is -2.40. The maximum atomic E-state index is 10.4. The number of hydrogen-bond acceptors (Lipinski definition) is 3. The van der Waals surface area contributed by atoms with Crippen molar-refractivity contribution in [1.29, 1.82) is 0 Å². The van der Waals surface area contributed by atoms with Crippen molar-refractivity contribution in [2.75, 3.05) is 18.6 Å². The molecule has 3 heteroatoms. The molecule has 3 unspecified atom stereocenters. The molecule has 1 aliphatic carbocycles. The quantitative estimate of drug-likeness (QED) is 0.678. The van der Waals surface area contributed by atoms with Crippen LogP contribution >= 0.6 is 11.8 Å². The third kappa shape index (κ3) is 3.38. The van der Waals surface area contributed by atoms with Gasteiger partial charge in [-0.15, -0.1) is 0 Å². The molecule has 0 aliphatic heterocycles. The lowest BCUT2D eigenvalue weighted by molar-refractivity contribution is 0.0248. The van der Waals surface area contributed by atoms with Crippen LogP contribution in [0.15, 0.2) is 0 Å². The molecule has 0 heterocycles. The van der Waals surface area contributed by atoms with Gasteiger partial charge in [0.1, 0.15) is 0 Å². The van der Waals surface area contributed by atoms with E-state index in [-0.39, 0.29) is 11.5 Å². The first-order valence-corrected chi connectivity index (χ1v) is 7.95. The van der Waals surface area contributed by atoms with Crippen molar-refractivity contribution < 1.29 is 5.11 Å². The minimum Gasteiger partial charge on any atom is -0.393 e. The molecule has 2 nitrogen and oxygen atoms in total. The van der Waals surface area contributed by atoms with Crippen molar-refractivity contribution >= 4 is 11.8 Å². The van der Waals surface area contributed by atoms with E-state index in [1.54, 1.807) is 0 Å². The van der Waals surface area contributed by atoms with Crippen molar-refractivity contribution in [2.24, 2.45) is 17.1 Å². The Kier molecular flexibility index (Phi) is 6.16. The van der Waals surface area contributed by atoms with Crippen LogP contribution in [0.2, 0.25) is 0 Å². The van der Waals surface area contributed by atoms with Crippen LogP contribution < -0.4 is 5.73 Å². The number of aliphatic hydroxyl groups excluding tert-OH is 1. The molecular weight excluding hydrogens is 218 g/mol. The zero-order valence-corrected chi connectivity index (χ0v) is 11.6. The van der Waals surface area contributed by atoms with Crippen molar-refractivity contribution in [3.8, 4) is 0 Å². The highest BCUT2D eigenvalue weighted by Crippen LogP contribution is 2.45. The summed E-state index contributed by atoms with van der Waals surface area (Å²) in [6, 6.07) is 0. The Morgan fingerprint density at radius 1 is 1.56 bits per heavy atom. The molecule has 0 aromatic carbocycles. The third-order valence-corrected chi connectivity index (χ3v) is 4.96. The molecule has 0 amide bonds. The predicted molar refractivity (Wildman–Crippen MR) is 72.7 cm³/mol. The van der Waals surface area contributed by atoms with Gasteiger partial charge < -0.3 is 10.8 Å². The largest absolute Gasteiger partial charge is 0.393 e. The molecule has 16 heavy (non-hydrogen) atoms. The van der Waals surface area contributed by atoms with E-state index in [1.807, 2.05) is 11.8 Å². The van der Waals surface area contributed by atoms with Gasteiger partial charge in [-0.1, -0.05) is 13.3 Å². The van der Waals surface area contributed by atoms with Crippen LogP contribution in [0.25, 0.3) is 0 Å². The molecule has 3 N–H and O–H groups in total. The summed E-state index contributed by atoms with van der Waals surface area (Å²) in [5.74, 6) is 1.94.